The smallest absolute Gasteiger partial charge is 0.167 e. The first-order valence-electron chi connectivity index (χ1n) is 12.3. The number of fused-ring (bicyclic) bond motifs is 2. The lowest BCUT2D eigenvalue weighted by atomic mass is 10.1. The number of hydrogen-bond donors (Lipinski definition) is 1. The van der Waals surface area contributed by atoms with Crippen LogP contribution in [-0.2, 0) is 25.6 Å². The minimum Gasteiger partial charge on any atom is -0.497 e. The Morgan fingerprint density at radius 1 is 1.09 bits per heavy atom. The largest absolute Gasteiger partial charge is 0.497 e. The Hall–Kier alpha value is -3.01. The van der Waals surface area contributed by atoms with E-state index in [0.29, 0.717) is 18.3 Å². The minimum absolute atomic E-state index is 0.276. The maximum Gasteiger partial charge on any atom is 0.167 e. The lowest BCUT2D eigenvalue weighted by Crippen LogP contribution is -2.28. The van der Waals surface area contributed by atoms with Gasteiger partial charge in [0.25, 0.3) is 0 Å². The first-order chi connectivity index (χ1) is 17.1. The van der Waals surface area contributed by atoms with E-state index < -0.39 is 12.0 Å². The third-order valence-corrected chi connectivity index (χ3v) is 6.85. The summed E-state index contributed by atoms with van der Waals surface area (Å²) >= 11 is 0. The van der Waals surface area contributed by atoms with Crippen molar-refractivity contribution in [3.05, 3.63) is 60.9 Å². The van der Waals surface area contributed by atoms with Gasteiger partial charge in [-0.05, 0) is 38.3 Å². The molecule has 3 aromatic rings. The maximum atomic E-state index is 6.43. The molecule has 1 saturated carbocycles. The van der Waals surface area contributed by atoms with Gasteiger partial charge in [0.15, 0.2) is 29.0 Å². The molecule has 184 valence electrons. The summed E-state index contributed by atoms with van der Waals surface area (Å²) in [5, 5.41) is 3.55. The molecule has 1 aliphatic carbocycles. The summed E-state index contributed by atoms with van der Waals surface area (Å²) < 4.78 is 26.6. The zero-order valence-corrected chi connectivity index (χ0v) is 20.0. The molecule has 6 rings (SSSR count). The van der Waals surface area contributed by atoms with E-state index in [1.165, 1.54) is 12.8 Å². The van der Waals surface area contributed by atoms with Crippen LogP contribution in [-0.4, -0.2) is 49.7 Å². The predicted octanol–water partition coefficient (Wildman–Crippen LogP) is 4.33. The van der Waals surface area contributed by atoms with E-state index in [9.17, 15) is 0 Å². The second-order valence-electron chi connectivity index (χ2n) is 9.85. The van der Waals surface area contributed by atoms with Crippen LogP contribution in [0, 0.1) is 0 Å². The van der Waals surface area contributed by atoms with Crippen molar-refractivity contribution >= 4 is 17.0 Å². The van der Waals surface area contributed by atoms with Gasteiger partial charge in [-0.25, -0.2) is 15.0 Å². The van der Waals surface area contributed by atoms with Gasteiger partial charge in [0, 0.05) is 6.04 Å². The van der Waals surface area contributed by atoms with E-state index in [1.54, 1.807) is 18.9 Å². The number of benzene rings is 1. The summed E-state index contributed by atoms with van der Waals surface area (Å²) in [6.45, 7) is 4.34. The molecule has 0 spiro atoms. The van der Waals surface area contributed by atoms with Crippen LogP contribution in [0.25, 0.3) is 11.2 Å². The number of nitrogens with zero attached hydrogens (tertiary/aromatic N) is 4. The number of ether oxygens (including phenoxy) is 4. The van der Waals surface area contributed by atoms with Crippen LogP contribution in [0.5, 0.6) is 0 Å². The highest BCUT2D eigenvalue weighted by Crippen LogP contribution is 2.44. The zero-order valence-electron chi connectivity index (χ0n) is 20.0. The van der Waals surface area contributed by atoms with E-state index in [2.05, 4.69) is 20.3 Å². The number of nitrogens with one attached hydrogen (secondary N) is 1. The summed E-state index contributed by atoms with van der Waals surface area (Å²) in [4.78, 5) is 13.6. The third-order valence-electron chi connectivity index (χ3n) is 6.85. The van der Waals surface area contributed by atoms with Crippen LogP contribution in [0.2, 0.25) is 0 Å². The summed E-state index contributed by atoms with van der Waals surface area (Å²) in [6.07, 6.45) is 10.4. The second kappa shape index (κ2) is 9.22. The second-order valence-corrected chi connectivity index (χ2v) is 9.85. The summed E-state index contributed by atoms with van der Waals surface area (Å²) in [5.74, 6) is 0.0550. The van der Waals surface area contributed by atoms with Crippen LogP contribution in [0.4, 0.5) is 5.82 Å². The number of anilines is 1. The highest BCUT2D eigenvalue weighted by atomic mass is 16.8. The van der Waals surface area contributed by atoms with Gasteiger partial charge in [-0.2, -0.15) is 0 Å². The Labute approximate surface area is 204 Å². The van der Waals surface area contributed by atoms with Crippen LogP contribution < -0.4 is 5.32 Å². The molecule has 4 heterocycles. The van der Waals surface area contributed by atoms with Crippen molar-refractivity contribution in [2.24, 2.45) is 0 Å². The fourth-order valence-corrected chi connectivity index (χ4v) is 5.25. The van der Waals surface area contributed by atoms with Gasteiger partial charge in [0.05, 0.1) is 12.6 Å². The summed E-state index contributed by atoms with van der Waals surface area (Å²) in [5.41, 5.74) is 2.55. The summed E-state index contributed by atoms with van der Waals surface area (Å²) in [6, 6.07) is 10.5. The molecule has 2 saturated heterocycles. The van der Waals surface area contributed by atoms with Gasteiger partial charge < -0.3 is 24.3 Å². The van der Waals surface area contributed by atoms with Crippen molar-refractivity contribution < 1.29 is 18.9 Å². The quantitative estimate of drug-likeness (QED) is 0.503. The summed E-state index contributed by atoms with van der Waals surface area (Å²) in [7, 11) is 0. The highest BCUT2D eigenvalue weighted by Gasteiger charge is 2.55. The van der Waals surface area contributed by atoms with Crippen molar-refractivity contribution in [3.8, 4) is 0 Å². The molecular weight excluding hydrogens is 446 g/mol. The number of aromatic nitrogens is 4. The Morgan fingerprint density at radius 2 is 1.89 bits per heavy atom. The molecule has 0 radical (unpaired) electrons. The van der Waals surface area contributed by atoms with Gasteiger partial charge in [0.2, 0.25) is 0 Å². The monoisotopic (exact) mass is 477 g/mol. The fourth-order valence-electron chi connectivity index (χ4n) is 5.25. The number of rotatable bonds is 7. The van der Waals surface area contributed by atoms with Crippen LogP contribution in [0.15, 0.2) is 55.3 Å². The molecule has 1 unspecified atom stereocenters. The van der Waals surface area contributed by atoms with Crippen LogP contribution in [0.1, 0.15) is 51.3 Å². The Balaban J connectivity index is 1.22. The van der Waals surface area contributed by atoms with Crippen LogP contribution >= 0.6 is 0 Å². The molecule has 2 aliphatic heterocycles. The van der Waals surface area contributed by atoms with E-state index in [-0.39, 0.29) is 18.3 Å². The Kier molecular flexibility index (Phi) is 5.91. The molecule has 2 aromatic heterocycles. The third kappa shape index (κ3) is 4.51. The lowest BCUT2D eigenvalue weighted by Gasteiger charge is -2.24. The van der Waals surface area contributed by atoms with Crippen molar-refractivity contribution in [1.29, 1.82) is 0 Å². The van der Waals surface area contributed by atoms with E-state index in [0.717, 1.165) is 29.7 Å². The molecule has 35 heavy (non-hydrogen) atoms. The maximum absolute atomic E-state index is 6.43. The van der Waals surface area contributed by atoms with Gasteiger partial charge in [-0.15, -0.1) is 0 Å². The molecular formula is C26H31N5O4. The lowest BCUT2D eigenvalue weighted by molar-refractivity contribution is -0.191. The van der Waals surface area contributed by atoms with Crippen molar-refractivity contribution in [2.45, 2.75) is 82.5 Å². The van der Waals surface area contributed by atoms with E-state index >= 15 is 0 Å². The van der Waals surface area contributed by atoms with Gasteiger partial charge in [-0.3, -0.25) is 4.57 Å². The average molecular weight is 478 g/mol. The van der Waals surface area contributed by atoms with Crippen molar-refractivity contribution in [3.63, 3.8) is 0 Å². The molecule has 3 fully saturated rings. The predicted molar refractivity (Wildman–Crippen MR) is 129 cm³/mol. The molecule has 1 aromatic carbocycles. The zero-order chi connectivity index (χ0) is 23.8. The van der Waals surface area contributed by atoms with Gasteiger partial charge >= 0.3 is 0 Å². The van der Waals surface area contributed by atoms with Crippen molar-refractivity contribution in [2.75, 3.05) is 5.32 Å². The van der Waals surface area contributed by atoms with Gasteiger partial charge in [0.1, 0.15) is 31.2 Å². The van der Waals surface area contributed by atoms with Crippen LogP contribution in [0.3, 0.4) is 0 Å². The SMILES string of the molecule is CC1(C)OC2[C@@H](C=COCc3ccccc3)O[C@@H](n3cnc4c(NC5CCCC5)ncnc43)[C@H]2O1. The average Bonchev–Trinajstić information content (AvgIpc) is 3.62. The first-order valence-corrected chi connectivity index (χ1v) is 12.3. The number of hydrogen-bond acceptors (Lipinski definition) is 8. The highest BCUT2D eigenvalue weighted by molar-refractivity contribution is 5.82. The molecule has 0 amide bonds. The molecule has 0 bridgehead atoms. The van der Waals surface area contributed by atoms with E-state index in [4.69, 9.17) is 18.9 Å². The first kappa shape index (κ1) is 22.5. The van der Waals surface area contributed by atoms with E-state index in [1.807, 2.05) is 54.8 Å². The Morgan fingerprint density at radius 3 is 2.71 bits per heavy atom. The molecule has 9 nitrogen and oxygen atoms in total. The molecule has 4 atom stereocenters. The number of imidazole rings is 1. The fraction of sp³-hybridized carbons (Fsp3) is 0.500. The standard InChI is InChI=1S/C26H31N5O4/c1-26(2)34-21-19(12-13-32-14-17-8-4-3-5-9-17)33-25(22(21)35-26)31-16-29-20-23(27-15-28-24(20)31)30-18-10-6-7-11-18/h3-5,8-9,12-13,15-16,18-19,21-22,25H,6-7,10-11,14H2,1-2H3,(H,27,28,30)/t19-,21?,22+,25-/m1/s1. The van der Waals surface area contributed by atoms with Gasteiger partial charge in [-0.1, -0.05) is 43.2 Å². The normalized spacial score (nSPS) is 28.2. The topological polar surface area (TPSA) is 92.6 Å². The minimum atomic E-state index is -0.713. The van der Waals surface area contributed by atoms with Crippen molar-refractivity contribution in [1.82, 2.24) is 19.5 Å². The molecule has 1 N–H and O–H groups in total. The molecule has 9 heteroatoms. The Bertz CT molecular complexity index is 1190. The molecule has 3 aliphatic rings.